The molecule has 0 aromatic heterocycles. The van der Waals surface area contributed by atoms with Gasteiger partial charge in [0, 0.05) is 25.2 Å². The van der Waals surface area contributed by atoms with Crippen LogP contribution in [0.1, 0.15) is 58.3 Å². The van der Waals surface area contributed by atoms with Gasteiger partial charge in [-0.25, -0.2) is 0 Å². The van der Waals surface area contributed by atoms with Gasteiger partial charge < -0.3 is 5.32 Å². The van der Waals surface area contributed by atoms with E-state index in [-0.39, 0.29) is 0 Å². The Balaban J connectivity index is 1.70. The SMILES string of the molecule is C#CCN1CCC(N[C@@H](C)C2CCCCCC2)CC1. The Morgan fingerprint density at radius 2 is 1.74 bits per heavy atom. The maximum absolute atomic E-state index is 5.38. The molecule has 1 heterocycles. The maximum atomic E-state index is 5.38. The molecular weight excluding hydrogens is 232 g/mol. The fourth-order valence-corrected chi connectivity index (χ4v) is 3.71. The third-order valence-electron chi connectivity index (χ3n) is 5.01. The van der Waals surface area contributed by atoms with Crippen molar-refractivity contribution < 1.29 is 0 Å². The van der Waals surface area contributed by atoms with Gasteiger partial charge in [0.2, 0.25) is 0 Å². The lowest BCUT2D eigenvalue weighted by molar-refractivity contribution is 0.196. The lowest BCUT2D eigenvalue weighted by atomic mass is 9.91. The molecule has 1 atom stereocenters. The molecule has 0 aromatic carbocycles. The van der Waals surface area contributed by atoms with E-state index < -0.39 is 0 Å². The molecule has 0 bridgehead atoms. The van der Waals surface area contributed by atoms with E-state index in [2.05, 4.69) is 23.1 Å². The topological polar surface area (TPSA) is 15.3 Å². The number of nitrogens with one attached hydrogen (secondary N) is 1. The Bertz CT molecular complexity index is 278. The van der Waals surface area contributed by atoms with Gasteiger partial charge in [0.15, 0.2) is 0 Å². The molecule has 1 saturated heterocycles. The van der Waals surface area contributed by atoms with Crippen molar-refractivity contribution in [3.63, 3.8) is 0 Å². The number of piperidine rings is 1. The number of nitrogens with zero attached hydrogens (tertiary/aromatic N) is 1. The molecule has 1 N–H and O–H groups in total. The summed E-state index contributed by atoms with van der Waals surface area (Å²) in [7, 11) is 0. The Labute approximate surface area is 119 Å². The highest BCUT2D eigenvalue weighted by molar-refractivity contribution is 4.91. The zero-order chi connectivity index (χ0) is 13.5. The molecule has 2 heteroatoms. The van der Waals surface area contributed by atoms with Crippen LogP contribution in [0.5, 0.6) is 0 Å². The summed E-state index contributed by atoms with van der Waals surface area (Å²) in [4.78, 5) is 2.40. The molecule has 0 aromatic rings. The van der Waals surface area contributed by atoms with E-state index in [1.807, 2.05) is 0 Å². The van der Waals surface area contributed by atoms with Crippen molar-refractivity contribution >= 4 is 0 Å². The summed E-state index contributed by atoms with van der Waals surface area (Å²) in [5, 5.41) is 3.90. The van der Waals surface area contributed by atoms with E-state index in [9.17, 15) is 0 Å². The Morgan fingerprint density at radius 1 is 1.11 bits per heavy atom. The highest BCUT2D eigenvalue weighted by Gasteiger charge is 2.24. The molecule has 2 aliphatic rings. The van der Waals surface area contributed by atoms with Crippen LogP contribution < -0.4 is 5.32 Å². The molecule has 2 fully saturated rings. The van der Waals surface area contributed by atoms with Crippen LogP contribution in [0.15, 0.2) is 0 Å². The average molecular weight is 262 g/mol. The largest absolute Gasteiger partial charge is 0.311 e. The Morgan fingerprint density at radius 3 is 2.32 bits per heavy atom. The van der Waals surface area contributed by atoms with Gasteiger partial charge in [0.05, 0.1) is 6.54 Å². The molecule has 0 unspecified atom stereocenters. The molecule has 1 aliphatic heterocycles. The van der Waals surface area contributed by atoms with Crippen molar-refractivity contribution in [3.05, 3.63) is 0 Å². The first-order valence-corrected chi connectivity index (χ1v) is 8.21. The summed E-state index contributed by atoms with van der Waals surface area (Å²) in [6.07, 6.45) is 16.6. The monoisotopic (exact) mass is 262 g/mol. The lowest BCUT2D eigenvalue weighted by Crippen LogP contribution is -2.47. The van der Waals surface area contributed by atoms with Gasteiger partial charge in [0.25, 0.3) is 0 Å². The standard InChI is InChI=1S/C17H30N2/c1-3-12-19-13-10-17(11-14-19)18-15(2)16-8-6-4-5-7-9-16/h1,15-18H,4-14H2,2H3/t15-/m0/s1. The first kappa shape index (κ1) is 14.9. The predicted octanol–water partition coefficient (Wildman–Crippen LogP) is 3.03. The second kappa shape index (κ2) is 7.92. The van der Waals surface area contributed by atoms with Crippen molar-refractivity contribution in [3.8, 4) is 12.3 Å². The molecule has 2 rings (SSSR count). The molecule has 19 heavy (non-hydrogen) atoms. The molecule has 108 valence electrons. The van der Waals surface area contributed by atoms with Crippen LogP contribution in [0, 0.1) is 18.3 Å². The van der Waals surface area contributed by atoms with E-state index in [1.54, 1.807) is 0 Å². The van der Waals surface area contributed by atoms with Crippen LogP contribution in [0.25, 0.3) is 0 Å². The summed E-state index contributed by atoms with van der Waals surface area (Å²) in [6.45, 7) is 5.56. The van der Waals surface area contributed by atoms with Gasteiger partial charge in [-0.1, -0.05) is 31.6 Å². The number of terminal acetylenes is 1. The van der Waals surface area contributed by atoms with Crippen LogP contribution >= 0.6 is 0 Å². The second-order valence-electron chi connectivity index (χ2n) is 6.46. The van der Waals surface area contributed by atoms with Gasteiger partial charge in [-0.3, -0.25) is 4.90 Å². The number of hydrogen-bond acceptors (Lipinski definition) is 2. The summed E-state index contributed by atoms with van der Waals surface area (Å²) in [6, 6.07) is 1.41. The molecule has 1 aliphatic carbocycles. The van der Waals surface area contributed by atoms with Gasteiger partial charge in [-0.05, 0) is 38.5 Å². The fourth-order valence-electron chi connectivity index (χ4n) is 3.71. The van der Waals surface area contributed by atoms with Crippen molar-refractivity contribution in [2.75, 3.05) is 19.6 Å². The maximum Gasteiger partial charge on any atom is 0.0598 e. The zero-order valence-electron chi connectivity index (χ0n) is 12.5. The zero-order valence-corrected chi connectivity index (χ0v) is 12.5. The number of rotatable bonds is 4. The van der Waals surface area contributed by atoms with E-state index in [4.69, 9.17) is 6.42 Å². The summed E-state index contributed by atoms with van der Waals surface area (Å²) >= 11 is 0. The van der Waals surface area contributed by atoms with E-state index in [0.717, 1.165) is 12.5 Å². The third kappa shape index (κ3) is 4.82. The van der Waals surface area contributed by atoms with Crippen LogP contribution in [-0.4, -0.2) is 36.6 Å². The van der Waals surface area contributed by atoms with E-state index in [0.29, 0.717) is 12.1 Å². The van der Waals surface area contributed by atoms with Crippen molar-refractivity contribution in [1.29, 1.82) is 0 Å². The third-order valence-corrected chi connectivity index (χ3v) is 5.01. The second-order valence-corrected chi connectivity index (χ2v) is 6.46. The van der Waals surface area contributed by atoms with Gasteiger partial charge in [-0.15, -0.1) is 6.42 Å². The Hall–Kier alpha value is -0.520. The minimum Gasteiger partial charge on any atom is -0.311 e. The average Bonchev–Trinajstić information content (AvgIpc) is 2.70. The molecule has 1 saturated carbocycles. The molecular formula is C17H30N2. The molecule has 0 spiro atoms. The van der Waals surface area contributed by atoms with Crippen molar-refractivity contribution in [2.24, 2.45) is 5.92 Å². The van der Waals surface area contributed by atoms with E-state index in [1.165, 1.54) is 64.5 Å². The first-order chi connectivity index (χ1) is 9.29. The summed E-state index contributed by atoms with van der Waals surface area (Å²) < 4.78 is 0. The molecule has 0 radical (unpaired) electrons. The predicted molar refractivity (Wildman–Crippen MR) is 82.1 cm³/mol. The number of hydrogen-bond donors (Lipinski definition) is 1. The summed E-state index contributed by atoms with van der Waals surface area (Å²) in [5.41, 5.74) is 0. The van der Waals surface area contributed by atoms with Gasteiger partial charge >= 0.3 is 0 Å². The van der Waals surface area contributed by atoms with E-state index >= 15 is 0 Å². The van der Waals surface area contributed by atoms with Crippen LogP contribution in [0.2, 0.25) is 0 Å². The lowest BCUT2D eigenvalue weighted by Gasteiger charge is -2.35. The summed E-state index contributed by atoms with van der Waals surface area (Å²) in [5.74, 6) is 3.67. The minimum atomic E-state index is 0.697. The van der Waals surface area contributed by atoms with Crippen LogP contribution in [0.3, 0.4) is 0 Å². The van der Waals surface area contributed by atoms with Crippen molar-refractivity contribution in [1.82, 2.24) is 10.2 Å². The normalized spacial score (nSPS) is 25.7. The van der Waals surface area contributed by atoms with Crippen LogP contribution in [-0.2, 0) is 0 Å². The smallest absolute Gasteiger partial charge is 0.0598 e. The minimum absolute atomic E-state index is 0.697. The fraction of sp³-hybridized carbons (Fsp3) is 0.882. The quantitative estimate of drug-likeness (QED) is 0.619. The molecule has 0 amide bonds. The van der Waals surface area contributed by atoms with Crippen LogP contribution in [0.4, 0.5) is 0 Å². The first-order valence-electron chi connectivity index (χ1n) is 8.21. The molecule has 2 nitrogen and oxygen atoms in total. The van der Waals surface area contributed by atoms with Crippen molar-refractivity contribution in [2.45, 2.75) is 70.4 Å². The highest BCUT2D eigenvalue weighted by Crippen LogP contribution is 2.26. The highest BCUT2D eigenvalue weighted by atomic mass is 15.1. The van der Waals surface area contributed by atoms with Gasteiger partial charge in [-0.2, -0.15) is 0 Å². The number of likely N-dealkylation sites (tertiary alicyclic amines) is 1. The Kier molecular flexibility index (Phi) is 6.20. The van der Waals surface area contributed by atoms with Gasteiger partial charge in [0.1, 0.15) is 0 Å².